The van der Waals surface area contributed by atoms with Gasteiger partial charge < -0.3 is 21.9 Å². The maximum Gasteiger partial charge on any atom is 3.00 e. The monoisotopic (exact) mass is 178 g/mol. The second-order valence-corrected chi connectivity index (χ2v) is 0. The summed E-state index contributed by atoms with van der Waals surface area (Å²) < 4.78 is 0. The molecule has 0 unspecified atom stereocenters. The van der Waals surface area contributed by atoms with Crippen LogP contribution in [0.25, 0.3) is 0 Å². The van der Waals surface area contributed by atoms with Crippen molar-refractivity contribution >= 4 is 23.1 Å². The van der Waals surface area contributed by atoms with Crippen molar-refractivity contribution < 1.29 is 73.6 Å². The Morgan fingerprint density at radius 3 is 0.429 bits per heavy atom. The molecule has 0 radical (unpaired) electrons. The van der Waals surface area contributed by atoms with Gasteiger partial charge in [0.15, 0.2) is 0 Å². The summed E-state index contributed by atoms with van der Waals surface area (Å²) in [6, 6.07) is 0. The molecule has 0 aliphatic carbocycles. The molecule has 0 atom stereocenters. The van der Waals surface area contributed by atoms with Gasteiger partial charge in [0, 0.05) is 0 Å². The summed E-state index contributed by atoms with van der Waals surface area (Å²) >= 11 is 0. The fourth-order valence-electron chi connectivity index (χ4n) is 0. The third kappa shape index (κ3) is 61.1. The van der Waals surface area contributed by atoms with Gasteiger partial charge in [0.25, 0.3) is 0 Å². The quantitative estimate of drug-likeness (QED) is 0.429. The van der Waals surface area contributed by atoms with Crippen LogP contribution in [0.3, 0.4) is 0 Å². The first-order valence-electron chi connectivity index (χ1n) is 0. The van der Waals surface area contributed by atoms with Gasteiger partial charge in [-0.25, -0.2) is 0 Å². The number of hydrogen-bond donors (Lipinski definition) is 0. The van der Waals surface area contributed by atoms with Crippen LogP contribution in [0.15, 0.2) is 0 Å². The van der Waals surface area contributed by atoms with Crippen LogP contribution in [-0.2, 0) is 73.6 Å². The Balaban J connectivity index is 0. The van der Waals surface area contributed by atoms with Gasteiger partial charge in [-0.1, -0.05) is 0 Å². The minimum atomic E-state index is 0. The third-order valence-electron chi connectivity index (χ3n) is 0. The van der Waals surface area contributed by atoms with E-state index in [9.17, 15) is 0 Å². The van der Waals surface area contributed by atoms with E-state index in [-0.39, 0.29) is 96.6 Å². The molecular formula is MgO4Sc2. The molecular weight excluding hydrogens is 178 g/mol. The molecule has 0 aromatic rings. The Morgan fingerprint density at radius 1 is 0.429 bits per heavy atom. The SMILES string of the molecule is [Mg+2].[O-2].[O-2].[O-2].[O-2].[Sc+3].[Sc+3]. The normalized spacial score (nSPS) is 0. The maximum atomic E-state index is 0. The zero-order valence-corrected chi connectivity index (χ0v) is 8.52. The van der Waals surface area contributed by atoms with Crippen LogP contribution in [0.1, 0.15) is 0 Å². The van der Waals surface area contributed by atoms with Crippen LogP contribution in [0.4, 0.5) is 0 Å². The summed E-state index contributed by atoms with van der Waals surface area (Å²) in [6.07, 6.45) is 0. The third-order valence-corrected chi connectivity index (χ3v) is 0. The van der Waals surface area contributed by atoms with Crippen molar-refractivity contribution in [3.63, 3.8) is 0 Å². The van der Waals surface area contributed by atoms with E-state index in [1.165, 1.54) is 0 Å². The predicted molar refractivity (Wildman–Crippen MR) is 8.50 cm³/mol. The van der Waals surface area contributed by atoms with Crippen LogP contribution in [-0.4, -0.2) is 23.1 Å². The Kier molecular flexibility index (Phi) is 1380. The van der Waals surface area contributed by atoms with Crippen LogP contribution in [0, 0.1) is 0 Å². The van der Waals surface area contributed by atoms with Crippen molar-refractivity contribution in [1.82, 2.24) is 0 Å². The van der Waals surface area contributed by atoms with E-state index in [0.29, 0.717) is 0 Å². The van der Waals surface area contributed by atoms with Crippen LogP contribution in [0.2, 0.25) is 0 Å². The molecule has 0 aliphatic rings. The van der Waals surface area contributed by atoms with Crippen molar-refractivity contribution in [3.8, 4) is 0 Å². The van der Waals surface area contributed by atoms with E-state index in [1.807, 2.05) is 0 Å². The number of hydrogen-bond acceptors (Lipinski definition) is 0. The summed E-state index contributed by atoms with van der Waals surface area (Å²) in [5.74, 6) is 0. The first-order valence-corrected chi connectivity index (χ1v) is 0. The van der Waals surface area contributed by atoms with Gasteiger partial charge in [-0.3, -0.25) is 0 Å². The van der Waals surface area contributed by atoms with E-state index in [0.717, 1.165) is 0 Å². The predicted octanol–water partition coefficient (Wildman–Crippen LogP) is -0.861. The smallest absolute Gasteiger partial charge is 2.00 e. The molecule has 0 heterocycles. The Labute approximate surface area is 95.4 Å². The number of rotatable bonds is 0. The minimum absolute atomic E-state index is 0. The van der Waals surface area contributed by atoms with Gasteiger partial charge in [0.2, 0.25) is 0 Å². The Morgan fingerprint density at radius 2 is 0.429 bits per heavy atom. The molecule has 0 bridgehead atoms. The first-order chi connectivity index (χ1) is 0. The van der Waals surface area contributed by atoms with E-state index in [4.69, 9.17) is 0 Å². The molecule has 0 aliphatic heterocycles. The Bertz CT molecular complexity index is 9.65. The van der Waals surface area contributed by atoms with E-state index in [1.54, 1.807) is 0 Å². The summed E-state index contributed by atoms with van der Waals surface area (Å²) in [5.41, 5.74) is 0. The molecule has 7 heteroatoms. The molecule has 7 heavy (non-hydrogen) atoms. The zero-order valence-electron chi connectivity index (χ0n) is 3.49. The second-order valence-electron chi connectivity index (χ2n) is 0. The van der Waals surface area contributed by atoms with Gasteiger partial charge in [0.05, 0.1) is 0 Å². The van der Waals surface area contributed by atoms with Gasteiger partial charge in [-0.2, -0.15) is 0 Å². The minimum Gasteiger partial charge on any atom is -2.00 e. The molecule has 4 nitrogen and oxygen atoms in total. The molecule has 0 rings (SSSR count). The average molecular weight is 178 g/mol. The maximum absolute atomic E-state index is 0. The summed E-state index contributed by atoms with van der Waals surface area (Å²) in [4.78, 5) is 0. The van der Waals surface area contributed by atoms with Crippen molar-refractivity contribution in [3.05, 3.63) is 0 Å². The topological polar surface area (TPSA) is 114 Å². The van der Waals surface area contributed by atoms with Gasteiger partial charge in [-0.05, 0) is 0 Å². The van der Waals surface area contributed by atoms with Gasteiger partial charge in [-0.15, -0.1) is 0 Å². The van der Waals surface area contributed by atoms with Crippen LogP contribution >= 0.6 is 0 Å². The van der Waals surface area contributed by atoms with Crippen LogP contribution in [0.5, 0.6) is 0 Å². The second kappa shape index (κ2) is 81.8. The molecule has 0 saturated heterocycles. The molecule has 0 aromatic carbocycles. The molecule has 0 saturated carbocycles. The zero-order chi connectivity index (χ0) is 0. The summed E-state index contributed by atoms with van der Waals surface area (Å²) in [6.45, 7) is 0. The van der Waals surface area contributed by atoms with Crippen molar-refractivity contribution in [2.75, 3.05) is 0 Å². The molecule has 0 aromatic heterocycles. The molecule has 0 fully saturated rings. The molecule has 32 valence electrons. The van der Waals surface area contributed by atoms with E-state index in [2.05, 4.69) is 0 Å². The van der Waals surface area contributed by atoms with Crippen molar-refractivity contribution in [1.29, 1.82) is 0 Å². The standard InChI is InChI=1S/Mg.4O.2Sc/q+2;4*-2;2*+3. The average Bonchev–Trinajstić information content (AvgIpc) is 0. The van der Waals surface area contributed by atoms with Gasteiger partial charge in [0.1, 0.15) is 0 Å². The van der Waals surface area contributed by atoms with Gasteiger partial charge >= 0.3 is 74.7 Å². The largest absolute Gasteiger partial charge is 3.00 e. The molecule has 0 amide bonds. The summed E-state index contributed by atoms with van der Waals surface area (Å²) in [5, 5.41) is 0. The van der Waals surface area contributed by atoms with E-state index >= 15 is 0 Å². The summed E-state index contributed by atoms with van der Waals surface area (Å²) in [7, 11) is 0. The van der Waals surface area contributed by atoms with E-state index < -0.39 is 0 Å². The fourth-order valence-corrected chi connectivity index (χ4v) is 0. The van der Waals surface area contributed by atoms with Crippen molar-refractivity contribution in [2.45, 2.75) is 0 Å². The van der Waals surface area contributed by atoms with Crippen LogP contribution < -0.4 is 0 Å². The first kappa shape index (κ1) is 118. The molecule has 0 N–H and O–H groups in total. The fraction of sp³-hybridized carbons (Fsp3) is 0. The molecule has 0 spiro atoms. The van der Waals surface area contributed by atoms with Crippen molar-refractivity contribution in [2.24, 2.45) is 0 Å². The Hall–Kier alpha value is 2.35.